The SMILES string of the molecule is CCC1(CC)CC(NC(=O)C(C)CNC)CCO1. The largest absolute Gasteiger partial charge is 0.375 e. The molecule has 0 aliphatic carbocycles. The first kappa shape index (κ1) is 15.4. The third-order valence-corrected chi connectivity index (χ3v) is 4.09. The Morgan fingerprint density at radius 2 is 2.11 bits per heavy atom. The molecule has 4 heteroatoms. The summed E-state index contributed by atoms with van der Waals surface area (Å²) in [6, 6.07) is 0.269. The number of hydrogen-bond donors (Lipinski definition) is 2. The van der Waals surface area contributed by atoms with Gasteiger partial charge in [-0.2, -0.15) is 0 Å². The van der Waals surface area contributed by atoms with Crippen LogP contribution in [0.3, 0.4) is 0 Å². The zero-order valence-corrected chi connectivity index (χ0v) is 12.2. The highest BCUT2D eigenvalue weighted by atomic mass is 16.5. The zero-order valence-electron chi connectivity index (χ0n) is 12.2. The molecule has 0 radical (unpaired) electrons. The molecule has 1 heterocycles. The highest BCUT2D eigenvalue weighted by molar-refractivity contribution is 5.78. The Bertz CT molecular complexity index is 265. The molecule has 0 bridgehead atoms. The molecule has 1 saturated heterocycles. The van der Waals surface area contributed by atoms with Gasteiger partial charge >= 0.3 is 0 Å². The number of carbonyl (C=O) groups is 1. The van der Waals surface area contributed by atoms with E-state index in [2.05, 4.69) is 24.5 Å². The van der Waals surface area contributed by atoms with Crippen molar-refractivity contribution in [2.75, 3.05) is 20.2 Å². The Balaban J connectivity index is 2.49. The molecule has 0 saturated carbocycles. The summed E-state index contributed by atoms with van der Waals surface area (Å²) in [4.78, 5) is 12.0. The summed E-state index contributed by atoms with van der Waals surface area (Å²) in [7, 11) is 1.87. The van der Waals surface area contributed by atoms with Crippen molar-refractivity contribution in [3.8, 4) is 0 Å². The molecule has 2 unspecified atom stereocenters. The van der Waals surface area contributed by atoms with Crippen molar-refractivity contribution in [1.82, 2.24) is 10.6 Å². The van der Waals surface area contributed by atoms with Crippen LogP contribution in [-0.2, 0) is 9.53 Å². The van der Waals surface area contributed by atoms with Gasteiger partial charge in [0.05, 0.1) is 5.60 Å². The Morgan fingerprint density at radius 3 is 2.67 bits per heavy atom. The molecule has 18 heavy (non-hydrogen) atoms. The number of hydrogen-bond acceptors (Lipinski definition) is 3. The molecule has 2 N–H and O–H groups in total. The van der Waals surface area contributed by atoms with Gasteiger partial charge in [-0.05, 0) is 32.7 Å². The fraction of sp³-hybridized carbons (Fsp3) is 0.929. The number of nitrogens with one attached hydrogen (secondary N) is 2. The second-order valence-corrected chi connectivity index (χ2v) is 5.40. The lowest BCUT2D eigenvalue weighted by Crippen LogP contribution is -2.49. The van der Waals surface area contributed by atoms with E-state index in [-0.39, 0.29) is 23.5 Å². The van der Waals surface area contributed by atoms with Crippen LogP contribution in [0, 0.1) is 5.92 Å². The van der Waals surface area contributed by atoms with Crippen molar-refractivity contribution in [3.05, 3.63) is 0 Å². The predicted octanol–water partition coefficient (Wildman–Crippen LogP) is 1.70. The lowest BCUT2D eigenvalue weighted by atomic mass is 9.85. The lowest BCUT2D eigenvalue weighted by Gasteiger charge is -2.40. The quantitative estimate of drug-likeness (QED) is 0.760. The molecule has 0 spiro atoms. The molecule has 2 atom stereocenters. The summed E-state index contributed by atoms with van der Waals surface area (Å²) in [5.41, 5.74) is -0.0254. The van der Waals surface area contributed by atoms with E-state index in [1.807, 2.05) is 14.0 Å². The molecule has 4 nitrogen and oxygen atoms in total. The fourth-order valence-corrected chi connectivity index (χ4v) is 2.64. The second kappa shape index (κ2) is 7.10. The minimum absolute atomic E-state index is 0.0236. The van der Waals surface area contributed by atoms with Crippen LogP contribution in [0.25, 0.3) is 0 Å². The van der Waals surface area contributed by atoms with Gasteiger partial charge in [-0.25, -0.2) is 0 Å². The summed E-state index contributed by atoms with van der Waals surface area (Å²) >= 11 is 0. The Labute approximate surface area is 111 Å². The van der Waals surface area contributed by atoms with Crippen molar-refractivity contribution >= 4 is 5.91 Å². The maximum Gasteiger partial charge on any atom is 0.224 e. The smallest absolute Gasteiger partial charge is 0.224 e. The van der Waals surface area contributed by atoms with Gasteiger partial charge < -0.3 is 15.4 Å². The molecule has 0 aromatic rings. The van der Waals surface area contributed by atoms with Crippen LogP contribution in [0.5, 0.6) is 0 Å². The number of amides is 1. The number of carbonyl (C=O) groups excluding carboxylic acids is 1. The third kappa shape index (κ3) is 3.95. The minimum Gasteiger partial charge on any atom is -0.375 e. The van der Waals surface area contributed by atoms with Crippen LogP contribution in [0.4, 0.5) is 0 Å². The molecule has 1 aliphatic rings. The summed E-state index contributed by atoms with van der Waals surface area (Å²) in [6.07, 6.45) is 3.90. The van der Waals surface area contributed by atoms with Crippen LogP contribution in [-0.4, -0.2) is 37.7 Å². The third-order valence-electron chi connectivity index (χ3n) is 4.09. The molecular formula is C14H28N2O2. The van der Waals surface area contributed by atoms with Crippen LogP contribution in [0.15, 0.2) is 0 Å². The average molecular weight is 256 g/mol. The highest BCUT2D eigenvalue weighted by Crippen LogP contribution is 2.31. The Hall–Kier alpha value is -0.610. The van der Waals surface area contributed by atoms with Gasteiger partial charge in [0.15, 0.2) is 0 Å². The molecule has 0 aromatic heterocycles. The van der Waals surface area contributed by atoms with Crippen LogP contribution in [0.1, 0.15) is 46.5 Å². The van der Waals surface area contributed by atoms with Gasteiger partial charge in [0.2, 0.25) is 5.91 Å². The standard InChI is InChI=1S/C14H28N2O2/c1-5-14(6-2)9-12(7-8-18-14)16-13(17)11(3)10-15-4/h11-12,15H,5-10H2,1-4H3,(H,16,17). The fourth-order valence-electron chi connectivity index (χ4n) is 2.64. The van der Waals surface area contributed by atoms with E-state index in [0.717, 1.165) is 38.8 Å². The van der Waals surface area contributed by atoms with Gasteiger partial charge in [-0.1, -0.05) is 20.8 Å². The van der Waals surface area contributed by atoms with Crippen molar-refractivity contribution in [3.63, 3.8) is 0 Å². The number of ether oxygens (including phenoxy) is 1. The van der Waals surface area contributed by atoms with Gasteiger partial charge in [0.25, 0.3) is 0 Å². The molecule has 1 aliphatic heterocycles. The van der Waals surface area contributed by atoms with Crippen molar-refractivity contribution in [2.24, 2.45) is 5.92 Å². The predicted molar refractivity (Wildman–Crippen MR) is 73.5 cm³/mol. The lowest BCUT2D eigenvalue weighted by molar-refractivity contribution is -0.129. The monoisotopic (exact) mass is 256 g/mol. The summed E-state index contributed by atoms with van der Waals surface area (Å²) in [5.74, 6) is 0.174. The van der Waals surface area contributed by atoms with Crippen molar-refractivity contribution < 1.29 is 9.53 Å². The molecule has 1 fully saturated rings. The minimum atomic E-state index is -0.0254. The van der Waals surface area contributed by atoms with E-state index < -0.39 is 0 Å². The Morgan fingerprint density at radius 1 is 1.44 bits per heavy atom. The average Bonchev–Trinajstić information content (AvgIpc) is 2.39. The maximum absolute atomic E-state index is 12.0. The van der Waals surface area contributed by atoms with Crippen LogP contribution < -0.4 is 10.6 Å². The molecule has 1 rings (SSSR count). The van der Waals surface area contributed by atoms with E-state index in [4.69, 9.17) is 4.74 Å². The van der Waals surface area contributed by atoms with E-state index in [1.54, 1.807) is 0 Å². The topological polar surface area (TPSA) is 50.4 Å². The summed E-state index contributed by atoms with van der Waals surface area (Å²) < 4.78 is 5.92. The highest BCUT2D eigenvalue weighted by Gasteiger charge is 2.35. The maximum atomic E-state index is 12.0. The molecular weight excluding hydrogens is 228 g/mol. The summed E-state index contributed by atoms with van der Waals surface area (Å²) in [6.45, 7) is 7.77. The van der Waals surface area contributed by atoms with Gasteiger partial charge in [-0.15, -0.1) is 0 Å². The molecule has 106 valence electrons. The van der Waals surface area contributed by atoms with Gasteiger partial charge in [0.1, 0.15) is 0 Å². The van der Waals surface area contributed by atoms with Crippen molar-refractivity contribution in [2.45, 2.75) is 58.1 Å². The van der Waals surface area contributed by atoms with E-state index in [9.17, 15) is 4.79 Å². The summed E-state index contributed by atoms with van der Waals surface area (Å²) in [5, 5.41) is 6.21. The van der Waals surface area contributed by atoms with Crippen LogP contribution >= 0.6 is 0 Å². The van der Waals surface area contributed by atoms with Gasteiger partial charge in [0, 0.05) is 25.1 Å². The van der Waals surface area contributed by atoms with Gasteiger partial charge in [-0.3, -0.25) is 4.79 Å². The second-order valence-electron chi connectivity index (χ2n) is 5.40. The molecule has 0 aromatic carbocycles. The first-order chi connectivity index (χ1) is 8.56. The normalized spacial score (nSPS) is 24.6. The Kier molecular flexibility index (Phi) is 6.09. The van der Waals surface area contributed by atoms with Crippen molar-refractivity contribution in [1.29, 1.82) is 0 Å². The van der Waals surface area contributed by atoms with E-state index >= 15 is 0 Å². The van der Waals surface area contributed by atoms with Crippen LogP contribution in [0.2, 0.25) is 0 Å². The number of rotatable bonds is 6. The van der Waals surface area contributed by atoms with E-state index in [0.29, 0.717) is 0 Å². The molecule has 1 amide bonds. The van der Waals surface area contributed by atoms with E-state index in [1.165, 1.54) is 0 Å². The first-order valence-corrected chi connectivity index (χ1v) is 7.15. The first-order valence-electron chi connectivity index (χ1n) is 7.15. The zero-order chi connectivity index (χ0) is 13.6.